The molecule has 0 amide bonds. The number of nitrogens with zero attached hydrogens (tertiary/aromatic N) is 4. The number of likely N-dealkylation sites (N-methyl/N-ethyl adjacent to an activating group) is 1. The van der Waals surface area contributed by atoms with Crippen LogP contribution in [-0.2, 0) is 6.54 Å². The highest BCUT2D eigenvalue weighted by Crippen LogP contribution is 2.24. The molecule has 0 bridgehead atoms. The summed E-state index contributed by atoms with van der Waals surface area (Å²) >= 11 is 0. The summed E-state index contributed by atoms with van der Waals surface area (Å²) in [6.07, 6.45) is 3.72. The number of rotatable bonds is 8. The van der Waals surface area contributed by atoms with Crippen LogP contribution >= 0.6 is 0 Å². The third-order valence-electron chi connectivity index (χ3n) is 4.81. The molecule has 1 aliphatic heterocycles. The van der Waals surface area contributed by atoms with Crippen molar-refractivity contribution in [3.63, 3.8) is 0 Å². The Hall–Kier alpha value is -2.18. The Morgan fingerprint density at radius 2 is 2.12 bits per heavy atom. The second-order valence-electron chi connectivity index (χ2n) is 7.16. The van der Waals surface area contributed by atoms with Crippen molar-refractivity contribution in [1.82, 2.24) is 14.9 Å². The molecule has 0 radical (unpaired) electrons. The van der Waals surface area contributed by atoms with Gasteiger partial charge < -0.3 is 20.2 Å². The number of aromatic nitrogens is 2. The summed E-state index contributed by atoms with van der Waals surface area (Å²) in [5.74, 6) is 1.73. The molecule has 0 aliphatic carbocycles. The van der Waals surface area contributed by atoms with Gasteiger partial charge in [-0.2, -0.15) is 0 Å². The molecule has 0 saturated carbocycles. The minimum absolute atomic E-state index is 0.173. The minimum atomic E-state index is 0.173. The number of hydrogen-bond acceptors (Lipinski definition) is 6. The Bertz CT molecular complexity index is 681. The Morgan fingerprint density at radius 1 is 1.31 bits per heavy atom. The summed E-state index contributed by atoms with van der Waals surface area (Å²) < 4.78 is 0. The first-order valence-corrected chi connectivity index (χ1v) is 9.34. The van der Waals surface area contributed by atoms with Crippen molar-refractivity contribution in [3.05, 3.63) is 48.3 Å². The van der Waals surface area contributed by atoms with Gasteiger partial charge in [0.15, 0.2) is 0 Å². The molecule has 1 aliphatic rings. The molecule has 140 valence electrons. The van der Waals surface area contributed by atoms with Gasteiger partial charge in [-0.15, -0.1) is 0 Å². The van der Waals surface area contributed by atoms with Crippen LogP contribution in [0.1, 0.15) is 25.3 Å². The summed E-state index contributed by atoms with van der Waals surface area (Å²) in [4.78, 5) is 13.2. The lowest BCUT2D eigenvalue weighted by Crippen LogP contribution is -2.34. The predicted molar refractivity (Wildman–Crippen MR) is 105 cm³/mol. The first kappa shape index (κ1) is 18.6. The van der Waals surface area contributed by atoms with Gasteiger partial charge in [-0.05, 0) is 32.4 Å². The predicted octanol–water partition coefficient (Wildman–Crippen LogP) is 2.37. The lowest BCUT2D eigenvalue weighted by atomic mass is 10.2. The van der Waals surface area contributed by atoms with E-state index in [4.69, 9.17) is 0 Å². The van der Waals surface area contributed by atoms with Crippen molar-refractivity contribution in [2.45, 2.75) is 38.4 Å². The first-order valence-electron chi connectivity index (χ1n) is 9.34. The van der Waals surface area contributed by atoms with Gasteiger partial charge in [-0.1, -0.05) is 30.3 Å². The second-order valence-corrected chi connectivity index (χ2v) is 7.16. The third kappa shape index (κ3) is 4.93. The zero-order chi connectivity index (χ0) is 18.4. The average Bonchev–Trinajstić information content (AvgIpc) is 3.11. The Kier molecular flexibility index (Phi) is 6.41. The van der Waals surface area contributed by atoms with Crippen molar-refractivity contribution in [3.8, 4) is 0 Å². The van der Waals surface area contributed by atoms with E-state index in [0.29, 0.717) is 0 Å². The van der Waals surface area contributed by atoms with Gasteiger partial charge >= 0.3 is 0 Å². The van der Waals surface area contributed by atoms with Gasteiger partial charge in [0.25, 0.3) is 0 Å². The van der Waals surface area contributed by atoms with Crippen LogP contribution < -0.4 is 10.2 Å². The molecule has 3 rings (SSSR count). The highest BCUT2D eigenvalue weighted by atomic mass is 16.3. The lowest BCUT2D eigenvalue weighted by molar-refractivity contribution is 0.266. The fourth-order valence-corrected chi connectivity index (χ4v) is 3.64. The topological polar surface area (TPSA) is 64.5 Å². The number of benzene rings is 1. The number of aliphatic hydroxyl groups is 1. The van der Waals surface area contributed by atoms with Crippen molar-refractivity contribution >= 4 is 11.6 Å². The van der Waals surface area contributed by atoms with Crippen molar-refractivity contribution in [2.75, 3.05) is 37.0 Å². The van der Waals surface area contributed by atoms with Gasteiger partial charge in [0, 0.05) is 31.7 Å². The largest absolute Gasteiger partial charge is 0.394 e. The summed E-state index contributed by atoms with van der Waals surface area (Å²) in [5, 5.41) is 13.0. The third-order valence-corrected chi connectivity index (χ3v) is 4.81. The quantitative estimate of drug-likeness (QED) is 0.758. The maximum Gasteiger partial charge on any atom is 0.134 e. The van der Waals surface area contributed by atoms with E-state index in [1.165, 1.54) is 5.56 Å². The molecule has 2 unspecified atom stereocenters. The van der Waals surface area contributed by atoms with E-state index in [0.717, 1.165) is 44.1 Å². The molecule has 2 aromatic rings. The number of aliphatic hydroxyl groups excluding tert-OH is 1. The molecule has 26 heavy (non-hydrogen) atoms. The maximum absolute atomic E-state index is 9.53. The van der Waals surface area contributed by atoms with Gasteiger partial charge in [0.05, 0.1) is 12.6 Å². The number of hydrogen-bond donors (Lipinski definition) is 2. The van der Waals surface area contributed by atoms with Gasteiger partial charge in [-0.3, -0.25) is 0 Å². The van der Waals surface area contributed by atoms with Crippen LogP contribution in [0.4, 0.5) is 11.6 Å². The lowest BCUT2D eigenvalue weighted by Gasteiger charge is -2.25. The van der Waals surface area contributed by atoms with Crippen LogP contribution in [0, 0.1) is 0 Å². The SMILES string of the molecule is CC(CN(C)Cc1ccccc1)Nc1cc(N2CCCC2CO)ncn1. The van der Waals surface area contributed by atoms with E-state index < -0.39 is 0 Å². The van der Waals surface area contributed by atoms with E-state index >= 15 is 0 Å². The smallest absolute Gasteiger partial charge is 0.134 e. The zero-order valence-electron chi connectivity index (χ0n) is 15.7. The fraction of sp³-hybridized carbons (Fsp3) is 0.500. The van der Waals surface area contributed by atoms with Crippen LogP contribution in [0.25, 0.3) is 0 Å². The monoisotopic (exact) mass is 355 g/mol. The fourth-order valence-electron chi connectivity index (χ4n) is 3.64. The van der Waals surface area contributed by atoms with Crippen molar-refractivity contribution in [2.24, 2.45) is 0 Å². The number of nitrogens with one attached hydrogen (secondary N) is 1. The Balaban J connectivity index is 1.55. The normalized spacial score (nSPS) is 18.3. The molecule has 1 aromatic heterocycles. The molecule has 1 saturated heterocycles. The molecule has 2 N–H and O–H groups in total. The Labute approximate surface area is 155 Å². The van der Waals surface area contributed by atoms with Crippen molar-refractivity contribution < 1.29 is 5.11 Å². The van der Waals surface area contributed by atoms with E-state index in [-0.39, 0.29) is 18.7 Å². The van der Waals surface area contributed by atoms with Crippen LogP contribution in [-0.4, -0.2) is 58.8 Å². The van der Waals surface area contributed by atoms with Gasteiger partial charge in [-0.25, -0.2) is 9.97 Å². The summed E-state index contributed by atoms with van der Waals surface area (Å²) in [7, 11) is 2.13. The summed E-state index contributed by atoms with van der Waals surface area (Å²) in [6.45, 7) is 5.12. The molecular formula is C20H29N5O. The molecule has 0 spiro atoms. The first-order chi connectivity index (χ1) is 12.7. The minimum Gasteiger partial charge on any atom is -0.394 e. The van der Waals surface area contributed by atoms with E-state index in [2.05, 4.69) is 63.3 Å². The van der Waals surface area contributed by atoms with E-state index in [1.807, 2.05) is 12.1 Å². The van der Waals surface area contributed by atoms with Gasteiger partial charge in [0.1, 0.15) is 18.0 Å². The molecule has 2 atom stereocenters. The molecule has 1 fully saturated rings. The van der Waals surface area contributed by atoms with Crippen LogP contribution in [0.15, 0.2) is 42.7 Å². The standard InChI is InChI=1S/C20H29N5O/c1-16(12-24(2)13-17-7-4-3-5-8-17)23-19-11-20(22-15-21-19)25-10-6-9-18(25)14-26/h3-5,7-8,11,15-16,18,26H,6,9-10,12-14H2,1-2H3,(H,21,22,23). The Morgan fingerprint density at radius 3 is 2.88 bits per heavy atom. The summed E-state index contributed by atoms with van der Waals surface area (Å²) in [6, 6.07) is 12.9. The maximum atomic E-state index is 9.53. The van der Waals surface area contributed by atoms with Crippen LogP contribution in [0.3, 0.4) is 0 Å². The van der Waals surface area contributed by atoms with Crippen LogP contribution in [0.2, 0.25) is 0 Å². The highest BCUT2D eigenvalue weighted by Gasteiger charge is 2.25. The van der Waals surface area contributed by atoms with E-state index in [9.17, 15) is 5.11 Å². The highest BCUT2D eigenvalue weighted by molar-refractivity contribution is 5.50. The molecule has 6 heteroatoms. The molecular weight excluding hydrogens is 326 g/mol. The van der Waals surface area contributed by atoms with Crippen molar-refractivity contribution in [1.29, 1.82) is 0 Å². The molecule has 6 nitrogen and oxygen atoms in total. The molecule has 2 heterocycles. The second kappa shape index (κ2) is 8.96. The van der Waals surface area contributed by atoms with Crippen LogP contribution in [0.5, 0.6) is 0 Å². The zero-order valence-corrected chi connectivity index (χ0v) is 15.7. The van der Waals surface area contributed by atoms with E-state index in [1.54, 1.807) is 6.33 Å². The average molecular weight is 355 g/mol. The summed E-state index contributed by atoms with van der Waals surface area (Å²) in [5.41, 5.74) is 1.32. The number of anilines is 2. The van der Waals surface area contributed by atoms with Gasteiger partial charge in [0.2, 0.25) is 0 Å². The molecule has 1 aromatic carbocycles.